The molecule has 18 heavy (non-hydrogen) atoms. The largest absolute Gasteiger partial charge is 0.360 e. The molecule has 1 aromatic heterocycles. The number of rotatable bonds is 6. The summed E-state index contributed by atoms with van der Waals surface area (Å²) in [6.07, 6.45) is 0.959. The van der Waals surface area contributed by atoms with Crippen molar-refractivity contribution in [2.24, 2.45) is 0 Å². The predicted octanol–water partition coefficient (Wildman–Crippen LogP) is 2.81. The van der Waals surface area contributed by atoms with Gasteiger partial charge in [-0.2, -0.15) is 5.26 Å². The smallest absolute Gasteiger partial charge is 0.206 e. The summed E-state index contributed by atoms with van der Waals surface area (Å²) >= 11 is 2.90. The van der Waals surface area contributed by atoms with Gasteiger partial charge in [0.25, 0.3) is 0 Å². The van der Waals surface area contributed by atoms with Crippen molar-refractivity contribution in [2.45, 2.75) is 10.8 Å². The van der Waals surface area contributed by atoms with E-state index in [1.165, 1.54) is 28.7 Å². The second-order valence-electron chi connectivity index (χ2n) is 3.48. The van der Waals surface area contributed by atoms with Crippen LogP contribution in [0.25, 0.3) is 0 Å². The molecule has 0 atom stereocenters. The molecule has 1 aromatic carbocycles. The van der Waals surface area contributed by atoms with E-state index in [1.807, 2.05) is 18.2 Å². The van der Waals surface area contributed by atoms with Crippen molar-refractivity contribution in [1.82, 2.24) is 10.2 Å². The number of hydrogen-bond acceptors (Lipinski definition) is 6. The fourth-order valence-electron chi connectivity index (χ4n) is 1.39. The first kappa shape index (κ1) is 12.9. The van der Waals surface area contributed by atoms with E-state index in [9.17, 15) is 0 Å². The molecule has 0 saturated heterocycles. The summed E-state index contributed by atoms with van der Waals surface area (Å²) in [5, 5.41) is 20.5. The molecule has 0 radical (unpaired) electrons. The Hall–Kier alpha value is -1.58. The lowest BCUT2D eigenvalue weighted by molar-refractivity contribution is 0.973. The van der Waals surface area contributed by atoms with Gasteiger partial charge in [-0.15, -0.1) is 10.2 Å². The number of aromatic nitrogens is 2. The zero-order valence-corrected chi connectivity index (χ0v) is 11.3. The molecule has 1 heterocycles. The molecule has 2 rings (SSSR count). The average Bonchev–Trinajstić information content (AvgIpc) is 2.85. The van der Waals surface area contributed by atoms with Crippen LogP contribution in [0.4, 0.5) is 5.13 Å². The summed E-state index contributed by atoms with van der Waals surface area (Å²) in [7, 11) is 0. The van der Waals surface area contributed by atoms with Crippen molar-refractivity contribution < 1.29 is 0 Å². The zero-order chi connectivity index (χ0) is 12.6. The van der Waals surface area contributed by atoms with Crippen LogP contribution in [0.5, 0.6) is 0 Å². The third kappa shape index (κ3) is 4.02. The molecular formula is C12H12N4S2. The summed E-state index contributed by atoms with van der Waals surface area (Å²) in [6.45, 7) is 0.835. The highest BCUT2D eigenvalue weighted by atomic mass is 32.2. The normalized spacial score (nSPS) is 9.94. The number of thioether (sulfide) groups is 1. The van der Waals surface area contributed by atoms with Gasteiger partial charge in [-0.25, -0.2) is 0 Å². The summed E-state index contributed by atoms with van der Waals surface area (Å²) < 4.78 is 0.832. The van der Waals surface area contributed by atoms with Crippen LogP contribution in [0, 0.1) is 11.3 Å². The standard InChI is InChI=1S/C12H12N4S2/c13-7-9-17-12-16-15-11(18-12)14-8-6-10-4-2-1-3-5-10/h1-5H,6,8-9H2,(H,14,15). The molecule has 0 spiro atoms. The Kier molecular flexibility index (Phi) is 5.00. The quantitative estimate of drug-likeness (QED) is 0.822. The van der Waals surface area contributed by atoms with E-state index >= 15 is 0 Å². The lowest BCUT2D eigenvalue weighted by atomic mass is 10.2. The van der Waals surface area contributed by atoms with Crippen molar-refractivity contribution >= 4 is 28.2 Å². The molecule has 0 aliphatic heterocycles. The van der Waals surface area contributed by atoms with Crippen LogP contribution in [0.15, 0.2) is 34.7 Å². The van der Waals surface area contributed by atoms with Crippen molar-refractivity contribution in [3.8, 4) is 6.07 Å². The van der Waals surface area contributed by atoms with Crippen LogP contribution in [0.1, 0.15) is 5.56 Å². The molecular weight excluding hydrogens is 264 g/mol. The number of benzene rings is 1. The zero-order valence-electron chi connectivity index (χ0n) is 9.67. The molecule has 6 heteroatoms. The van der Waals surface area contributed by atoms with E-state index in [4.69, 9.17) is 5.26 Å². The van der Waals surface area contributed by atoms with E-state index in [-0.39, 0.29) is 0 Å². The number of nitriles is 1. The Morgan fingerprint density at radius 1 is 1.28 bits per heavy atom. The van der Waals surface area contributed by atoms with Gasteiger partial charge in [-0.3, -0.25) is 0 Å². The summed E-state index contributed by atoms with van der Waals surface area (Å²) in [6, 6.07) is 12.4. The van der Waals surface area contributed by atoms with Crippen molar-refractivity contribution in [3.63, 3.8) is 0 Å². The van der Waals surface area contributed by atoms with Crippen molar-refractivity contribution in [3.05, 3.63) is 35.9 Å². The molecule has 0 fully saturated rings. The molecule has 1 N–H and O–H groups in total. The van der Waals surface area contributed by atoms with Crippen LogP contribution in [0.2, 0.25) is 0 Å². The highest BCUT2D eigenvalue weighted by Crippen LogP contribution is 2.24. The number of anilines is 1. The van der Waals surface area contributed by atoms with Crippen molar-refractivity contribution in [1.29, 1.82) is 5.26 Å². The maximum Gasteiger partial charge on any atom is 0.206 e. The molecule has 0 saturated carbocycles. The van der Waals surface area contributed by atoms with Crippen LogP contribution in [-0.4, -0.2) is 22.5 Å². The lowest BCUT2D eigenvalue weighted by Gasteiger charge is -2.01. The maximum atomic E-state index is 8.47. The van der Waals surface area contributed by atoms with E-state index < -0.39 is 0 Å². The highest BCUT2D eigenvalue weighted by molar-refractivity contribution is 8.01. The van der Waals surface area contributed by atoms with Gasteiger partial charge in [0.15, 0.2) is 4.34 Å². The summed E-state index contributed by atoms with van der Waals surface area (Å²) in [4.78, 5) is 0. The van der Waals surface area contributed by atoms with Crippen LogP contribution in [-0.2, 0) is 6.42 Å². The Balaban J connectivity index is 1.77. The second-order valence-corrected chi connectivity index (χ2v) is 5.68. The molecule has 2 aromatic rings. The van der Waals surface area contributed by atoms with E-state index in [2.05, 4.69) is 33.7 Å². The minimum absolute atomic E-state index is 0.415. The van der Waals surface area contributed by atoms with Gasteiger partial charge >= 0.3 is 0 Å². The second kappa shape index (κ2) is 6.99. The maximum absolute atomic E-state index is 8.47. The topological polar surface area (TPSA) is 61.6 Å². The van der Waals surface area contributed by atoms with Gasteiger partial charge in [0, 0.05) is 6.54 Å². The first-order chi connectivity index (χ1) is 8.88. The third-order valence-corrected chi connectivity index (χ3v) is 4.08. The number of nitrogens with zero attached hydrogens (tertiary/aromatic N) is 3. The molecule has 0 unspecified atom stereocenters. The summed E-state index contributed by atoms with van der Waals surface area (Å²) in [5.74, 6) is 0.415. The van der Waals surface area contributed by atoms with Crippen LogP contribution in [0.3, 0.4) is 0 Å². The van der Waals surface area contributed by atoms with E-state index in [1.54, 1.807) is 0 Å². The molecule has 92 valence electrons. The molecule has 0 amide bonds. The summed E-state index contributed by atoms with van der Waals surface area (Å²) in [5.41, 5.74) is 1.30. The number of nitrogens with one attached hydrogen (secondary N) is 1. The van der Waals surface area contributed by atoms with Gasteiger partial charge in [0.2, 0.25) is 5.13 Å². The minimum atomic E-state index is 0.415. The van der Waals surface area contributed by atoms with Gasteiger partial charge in [-0.1, -0.05) is 53.4 Å². The minimum Gasteiger partial charge on any atom is -0.360 e. The Morgan fingerprint density at radius 2 is 2.11 bits per heavy atom. The van der Waals surface area contributed by atoms with Gasteiger partial charge in [-0.05, 0) is 12.0 Å². The van der Waals surface area contributed by atoms with Crippen LogP contribution < -0.4 is 5.32 Å². The Bertz CT molecular complexity index is 518. The monoisotopic (exact) mass is 276 g/mol. The molecule has 0 bridgehead atoms. The molecule has 0 aliphatic carbocycles. The average molecular weight is 276 g/mol. The van der Waals surface area contributed by atoms with E-state index in [0.29, 0.717) is 5.75 Å². The highest BCUT2D eigenvalue weighted by Gasteiger charge is 2.03. The fourth-order valence-corrected chi connectivity index (χ4v) is 2.83. The Morgan fingerprint density at radius 3 is 2.89 bits per heavy atom. The fraction of sp³-hybridized carbons (Fsp3) is 0.250. The van der Waals surface area contributed by atoms with Gasteiger partial charge < -0.3 is 5.32 Å². The van der Waals surface area contributed by atoms with Gasteiger partial charge in [0.1, 0.15) is 0 Å². The Labute approximate surface area is 114 Å². The lowest BCUT2D eigenvalue weighted by Crippen LogP contribution is -2.04. The van der Waals surface area contributed by atoms with Crippen molar-refractivity contribution in [2.75, 3.05) is 17.6 Å². The van der Waals surface area contributed by atoms with Gasteiger partial charge in [0.05, 0.1) is 11.8 Å². The SMILES string of the molecule is N#CCSc1nnc(NCCc2ccccc2)s1. The first-order valence-electron chi connectivity index (χ1n) is 5.49. The number of hydrogen-bond donors (Lipinski definition) is 1. The first-order valence-corrected chi connectivity index (χ1v) is 7.30. The third-order valence-electron chi connectivity index (χ3n) is 2.20. The predicted molar refractivity (Wildman–Crippen MR) is 74.9 cm³/mol. The van der Waals surface area contributed by atoms with E-state index in [0.717, 1.165) is 22.4 Å². The molecule has 0 aliphatic rings. The molecule has 4 nitrogen and oxygen atoms in total. The van der Waals surface area contributed by atoms with Crippen LogP contribution >= 0.6 is 23.1 Å².